The first-order chi connectivity index (χ1) is 8.84. The zero-order valence-corrected chi connectivity index (χ0v) is 11.5. The fourth-order valence-electron chi connectivity index (χ4n) is 3.22. The van der Waals surface area contributed by atoms with Gasteiger partial charge >= 0.3 is 0 Å². The molecule has 1 fully saturated rings. The molecule has 3 rings (SSSR count). The van der Waals surface area contributed by atoms with Crippen LogP contribution in [-0.2, 0) is 6.42 Å². The van der Waals surface area contributed by atoms with Crippen LogP contribution < -0.4 is 0 Å². The largest absolute Gasteiger partial charge is 0.392 e. The number of hydrogen-bond donors (Lipinski definition) is 1. The maximum absolute atomic E-state index is 10.4. The van der Waals surface area contributed by atoms with Crippen molar-refractivity contribution in [3.63, 3.8) is 0 Å². The van der Waals surface area contributed by atoms with Crippen molar-refractivity contribution in [1.29, 1.82) is 0 Å². The molecule has 1 aromatic heterocycles. The van der Waals surface area contributed by atoms with Gasteiger partial charge in [0.2, 0.25) is 0 Å². The molecule has 0 amide bonds. The molecule has 0 bridgehead atoms. The van der Waals surface area contributed by atoms with Gasteiger partial charge < -0.3 is 5.11 Å². The lowest BCUT2D eigenvalue weighted by Crippen LogP contribution is -2.21. The van der Waals surface area contributed by atoms with Crippen LogP contribution in [-0.4, -0.2) is 27.2 Å². The van der Waals surface area contributed by atoms with Gasteiger partial charge in [0, 0.05) is 28.8 Å². The van der Waals surface area contributed by atoms with Crippen molar-refractivity contribution >= 4 is 11.8 Å². The molecule has 1 aromatic rings. The number of hydrogen-bond acceptors (Lipinski definition) is 3. The summed E-state index contributed by atoms with van der Waals surface area (Å²) in [6.45, 7) is 0. The number of aliphatic hydroxyl groups excluding tert-OH is 1. The van der Waals surface area contributed by atoms with Crippen LogP contribution in [0.2, 0.25) is 0 Å². The van der Waals surface area contributed by atoms with E-state index >= 15 is 0 Å². The van der Waals surface area contributed by atoms with Gasteiger partial charge in [0.25, 0.3) is 0 Å². The molecule has 3 heteroatoms. The molecule has 1 saturated carbocycles. The molecule has 2 unspecified atom stereocenters. The lowest BCUT2D eigenvalue weighted by Gasteiger charge is -2.19. The number of nitrogens with zero attached hydrogens (tertiary/aromatic N) is 1. The average Bonchev–Trinajstić information content (AvgIpc) is 3.05. The minimum atomic E-state index is -0.216. The molecule has 2 atom stereocenters. The molecule has 0 aromatic carbocycles. The normalized spacial score (nSPS) is 25.3. The lowest BCUT2D eigenvalue weighted by molar-refractivity contribution is 0.165. The number of pyridine rings is 1. The molecule has 2 aliphatic carbocycles. The van der Waals surface area contributed by atoms with Gasteiger partial charge in [-0.05, 0) is 37.3 Å². The Morgan fingerprint density at radius 3 is 3.00 bits per heavy atom. The zero-order valence-electron chi connectivity index (χ0n) is 10.7. The second kappa shape index (κ2) is 5.62. The number of aromatic nitrogens is 1. The molecule has 1 N–H and O–H groups in total. The molecule has 98 valence electrons. The van der Waals surface area contributed by atoms with E-state index in [4.69, 9.17) is 0 Å². The van der Waals surface area contributed by atoms with Gasteiger partial charge in [-0.25, -0.2) is 0 Å². The van der Waals surface area contributed by atoms with E-state index in [1.807, 2.05) is 24.0 Å². The summed E-state index contributed by atoms with van der Waals surface area (Å²) in [5.74, 6) is 1.15. The molecule has 0 saturated heterocycles. The van der Waals surface area contributed by atoms with Gasteiger partial charge in [-0.2, -0.15) is 11.8 Å². The first-order valence-corrected chi connectivity index (χ1v) is 8.13. The Labute approximate surface area is 113 Å². The minimum absolute atomic E-state index is 0.216. The highest BCUT2D eigenvalue weighted by molar-refractivity contribution is 7.99. The molecule has 0 aliphatic heterocycles. The predicted octanol–water partition coefficient (Wildman–Crippen LogP) is 3.15. The van der Waals surface area contributed by atoms with Gasteiger partial charge in [-0.15, -0.1) is 0 Å². The highest BCUT2D eigenvalue weighted by Crippen LogP contribution is 2.36. The summed E-state index contributed by atoms with van der Waals surface area (Å²) in [7, 11) is 0. The average molecular weight is 263 g/mol. The van der Waals surface area contributed by atoms with E-state index in [-0.39, 0.29) is 12.0 Å². The Bertz CT molecular complexity index is 403. The predicted molar refractivity (Wildman–Crippen MR) is 76.0 cm³/mol. The van der Waals surface area contributed by atoms with E-state index in [1.54, 1.807) is 0 Å². The minimum Gasteiger partial charge on any atom is -0.392 e. The molecule has 2 nitrogen and oxygen atoms in total. The molecular formula is C15H21NOS. The van der Waals surface area contributed by atoms with E-state index < -0.39 is 0 Å². The first kappa shape index (κ1) is 12.5. The van der Waals surface area contributed by atoms with Crippen molar-refractivity contribution in [2.75, 3.05) is 5.75 Å². The smallest absolute Gasteiger partial charge is 0.0714 e. The van der Waals surface area contributed by atoms with Crippen LogP contribution in [0, 0.1) is 0 Å². The van der Waals surface area contributed by atoms with Crippen LogP contribution in [0.5, 0.6) is 0 Å². The van der Waals surface area contributed by atoms with Crippen LogP contribution in [0.3, 0.4) is 0 Å². The first-order valence-electron chi connectivity index (χ1n) is 7.08. The maximum Gasteiger partial charge on any atom is 0.0714 e. The van der Waals surface area contributed by atoms with Gasteiger partial charge in [0.05, 0.1) is 6.10 Å². The van der Waals surface area contributed by atoms with E-state index in [1.165, 1.54) is 31.2 Å². The van der Waals surface area contributed by atoms with Crippen LogP contribution in [0.15, 0.2) is 18.3 Å². The van der Waals surface area contributed by atoms with Crippen molar-refractivity contribution in [3.05, 3.63) is 29.6 Å². The summed E-state index contributed by atoms with van der Waals surface area (Å²) in [6.07, 6.45) is 9.23. The van der Waals surface area contributed by atoms with Gasteiger partial charge in [-0.3, -0.25) is 4.98 Å². The Morgan fingerprint density at radius 1 is 1.33 bits per heavy atom. The van der Waals surface area contributed by atoms with E-state index in [0.717, 1.165) is 29.5 Å². The third kappa shape index (κ3) is 2.57. The second-order valence-corrected chi connectivity index (χ2v) is 6.83. The molecular weight excluding hydrogens is 242 g/mol. The van der Waals surface area contributed by atoms with E-state index in [0.29, 0.717) is 0 Å². The van der Waals surface area contributed by atoms with Crippen molar-refractivity contribution in [2.45, 2.75) is 55.8 Å². The quantitative estimate of drug-likeness (QED) is 0.906. The standard InChI is InChI=1S/C15H21NOS/c17-14(10-18-12-5-1-2-6-12)13-8-7-11-4-3-9-16-15(11)13/h3-4,9,12-14,17H,1-2,5-8,10H2. The molecule has 1 heterocycles. The van der Waals surface area contributed by atoms with Gasteiger partial charge in [0.15, 0.2) is 0 Å². The summed E-state index contributed by atoms with van der Waals surface area (Å²) < 4.78 is 0. The number of aliphatic hydroxyl groups is 1. The topological polar surface area (TPSA) is 33.1 Å². The zero-order chi connectivity index (χ0) is 12.4. The fraction of sp³-hybridized carbons (Fsp3) is 0.667. The third-order valence-electron chi connectivity index (χ3n) is 4.27. The molecule has 2 aliphatic rings. The third-order valence-corrected chi connectivity index (χ3v) is 5.75. The van der Waals surface area contributed by atoms with Gasteiger partial charge in [0.1, 0.15) is 0 Å². The summed E-state index contributed by atoms with van der Waals surface area (Å²) in [4.78, 5) is 4.47. The highest BCUT2D eigenvalue weighted by atomic mass is 32.2. The van der Waals surface area contributed by atoms with Gasteiger partial charge in [-0.1, -0.05) is 18.9 Å². The summed E-state index contributed by atoms with van der Waals surface area (Å²) in [5.41, 5.74) is 2.49. The monoisotopic (exact) mass is 263 g/mol. The van der Waals surface area contributed by atoms with Crippen molar-refractivity contribution < 1.29 is 5.11 Å². The Hall–Kier alpha value is -0.540. The number of rotatable bonds is 4. The van der Waals surface area contributed by atoms with Crippen LogP contribution in [0.4, 0.5) is 0 Å². The van der Waals surface area contributed by atoms with E-state index in [9.17, 15) is 5.11 Å². The van der Waals surface area contributed by atoms with Crippen LogP contribution >= 0.6 is 11.8 Å². The van der Waals surface area contributed by atoms with Crippen LogP contribution in [0.25, 0.3) is 0 Å². The summed E-state index contributed by atoms with van der Waals surface area (Å²) in [6, 6.07) is 4.15. The Balaban J connectivity index is 1.58. The van der Waals surface area contributed by atoms with Crippen molar-refractivity contribution in [1.82, 2.24) is 4.98 Å². The lowest BCUT2D eigenvalue weighted by atomic mass is 10.0. The summed E-state index contributed by atoms with van der Waals surface area (Å²) >= 11 is 1.98. The SMILES string of the molecule is OC(CSC1CCCC1)C1CCc2cccnc21. The van der Waals surface area contributed by atoms with Crippen LogP contribution in [0.1, 0.15) is 49.3 Å². The Morgan fingerprint density at radius 2 is 2.17 bits per heavy atom. The second-order valence-electron chi connectivity index (χ2n) is 5.50. The van der Waals surface area contributed by atoms with Crippen molar-refractivity contribution in [3.8, 4) is 0 Å². The number of aryl methyl sites for hydroxylation is 1. The number of fused-ring (bicyclic) bond motifs is 1. The fourth-order valence-corrected chi connectivity index (χ4v) is 4.59. The van der Waals surface area contributed by atoms with Crippen molar-refractivity contribution in [2.24, 2.45) is 0 Å². The highest BCUT2D eigenvalue weighted by Gasteiger charge is 2.30. The number of thioether (sulfide) groups is 1. The maximum atomic E-state index is 10.4. The molecule has 0 radical (unpaired) electrons. The van der Waals surface area contributed by atoms with E-state index in [2.05, 4.69) is 11.1 Å². The Kier molecular flexibility index (Phi) is 3.90. The summed E-state index contributed by atoms with van der Waals surface area (Å²) in [5, 5.41) is 11.2. The molecule has 18 heavy (non-hydrogen) atoms. The molecule has 0 spiro atoms.